The SMILES string of the molecule is COc1nc(NC[C@@H]2CC[C@H](O)C2)nc(N2CCCCCC2)n1. The molecule has 2 N–H and O–H groups in total. The second kappa shape index (κ2) is 7.77. The number of nitrogens with one attached hydrogen (secondary N) is 1. The van der Waals surface area contributed by atoms with Gasteiger partial charge in [-0.3, -0.25) is 0 Å². The first-order valence-electron chi connectivity index (χ1n) is 8.71. The summed E-state index contributed by atoms with van der Waals surface area (Å²) in [6.07, 6.45) is 7.55. The molecule has 7 heteroatoms. The number of hydrogen-bond acceptors (Lipinski definition) is 7. The van der Waals surface area contributed by atoms with Crippen LogP contribution in [0.3, 0.4) is 0 Å². The van der Waals surface area contributed by atoms with Gasteiger partial charge in [-0.15, -0.1) is 0 Å². The summed E-state index contributed by atoms with van der Waals surface area (Å²) in [5.74, 6) is 1.75. The van der Waals surface area contributed by atoms with E-state index >= 15 is 0 Å². The molecule has 1 aromatic rings. The van der Waals surface area contributed by atoms with Crippen LogP contribution in [0.25, 0.3) is 0 Å². The molecule has 0 bridgehead atoms. The van der Waals surface area contributed by atoms with Gasteiger partial charge >= 0.3 is 6.01 Å². The smallest absolute Gasteiger partial charge is 0.322 e. The Morgan fingerprint density at radius 2 is 1.91 bits per heavy atom. The fraction of sp³-hybridized carbons (Fsp3) is 0.812. The summed E-state index contributed by atoms with van der Waals surface area (Å²) >= 11 is 0. The molecule has 0 amide bonds. The van der Waals surface area contributed by atoms with Gasteiger partial charge in [0.15, 0.2) is 0 Å². The molecule has 128 valence electrons. The summed E-state index contributed by atoms with van der Waals surface area (Å²) in [4.78, 5) is 15.5. The average molecular weight is 321 g/mol. The number of methoxy groups -OCH3 is 1. The molecule has 23 heavy (non-hydrogen) atoms. The van der Waals surface area contributed by atoms with Crippen LogP contribution < -0.4 is 15.0 Å². The van der Waals surface area contributed by atoms with Crippen LogP contribution in [-0.2, 0) is 0 Å². The molecule has 2 fully saturated rings. The van der Waals surface area contributed by atoms with Gasteiger partial charge in [0.1, 0.15) is 0 Å². The van der Waals surface area contributed by atoms with Crippen molar-refractivity contribution in [3.8, 4) is 6.01 Å². The third kappa shape index (κ3) is 4.43. The topological polar surface area (TPSA) is 83.4 Å². The molecule has 7 nitrogen and oxygen atoms in total. The summed E-state index contributed by atoms with van der Waals surface area (Å²) in [7, 11) is 1.58. The molecule has 0 unspecified atom stereocenters. The van der Waals surface area contributed by atoms with Crippen LogP contribution >= 0.6 is 0 Å². The van der Waals surface area contributed by atoms with E-state index in [0.29, 0.717) is 23.8 Å². The lowest BCUT2D eigenvalue weighted by Crippen LogP contribution is -2.27. The van der Waals surface area contributed by atoms with Gasteiger partial charge in [0.05, 0.1) is 13.2 Å². The first-order chi connectivity index (χ1) is 11.2. The molecule has 3 rings (SSSR count). The Hall–Kier alpha value is -1.63. The van der Waals surface area contributed by atoms with E-state index < -0.39 is 0 Å². The highest BCUT2D eigenvalue weighted by Crippen LogP contribution is 2.26. The summed E-state index contributed by atoms with van der Waals surface area (Å²) in [6, 6.07) is 0.355. The monoisotopic (exact) mass is 321 g/mol. The standard InChI is InChI=1S/C16H27N5O2/c1-23-16-19-14(17-11-12-6-7-13(22)10-12)18-15(20-16)21-8-4-2-3-5-9-21/h12-13,22H,2-11H2,1H3,(H,17,18,19,20)/t12-,13+/m1/s1. The summed E-state index contributed by atoms with van der Waals surface area (Å²) in [5.41, 5.74) is 0. The zero-order chi connectivity index (χ0) is 16.1. The Balaban J connectivity index is 1.67. The van der Waals surface area contributed by atoms with Crippen molar-refractivity contribution in [3.63, 3.8) is 0 Å². The maximum absolute atomic E-state index is 9.62. The maximum Gasteiger partial charge on any atom is 0.322 e. The molecule has 2 aliphatic rings. The number of hydrogen-bond donors (Lipinski definition) is 2. The Kier molecular flexibility index (Phi) is 5.48. The van der Waals surface area contributed by atoms with Crippen LogP contribution in [0.2, 0.25) is 0 Å². The summed E-state index contributed by atoms with van der Waals surface area (Å²) in [5, 5.41) is 12.9. The number of nitrogens with zero attached hydrogens (tertiary/aromatic N) is 4. The maximum atomic E-state index is 9.62. The number of rotatable bonds is 5. The summed E-state index contributed by atoms with van der Waals surface area (Å²) < 4.78 is 5.24. The lowest BCUT2D eigenvalue weighted by Gasteiger charge is -2.21. The van der Waals surface area contributed by atoms with Crippen LogP contribution in [0.1, 0.15) is 44.9 Å². The van der Waals surface area contributed by atoms with Gasteiger partial charge in [-0.2, -0.15) is 15.0 Å². The molecule has 1 saturated carbocycles. The first-order valence-corrected chi connectivity index (χ1v) is 8.71. The van der Waals surface area contributed by atoms with Gasteiger partial charge in [0.25, 0.3) is 0 Å². The number of anilines is 2. The van der Waals surface area contributed by atoms with Gasteiger partial charge in [0, 0.05) is 19.6 Å². The van der Waals surface area contributed by atoms with Crippen LogP contribution in [0.4, 0.5) is 11.9 Å². The van der Waals surface area contributed by atoms with Crippen LogP contribution in [0.15, 0.2) is 0 Å². The predicted molar refractivity (Wildman–Crippen MR) is 88.9 cm³/mol. The van der Waals surface area contributed by atoms with Crippen molar-refractivity contribution in [1.29, 1.82) is 0 Å². The molecule has 1 saturated heterocycles. The molecule has 0 aromatic carbocycles. The Bertz CT molecular complexity index is 505. The molecule has 1 aliphatic carbocycles. The van der Waals surface area contributed by atoms with Crippen molar-refractivity contribution in [2.45, 2.75) is 51.0 Å². The largest absolute Gasteiger partial charge is 0.467 e. The van der Waals surface area contributed by atoms with Gasteiger partial charge in [-0.05, 0) is 38.0 Å². The van der Waals surface area contributed by atoms with Crippen LogP contribution in [0, 0.1) is 5.92 Å². The van der Waals surface area contributed by atoms with Crippen molar-refractivity contribution >= 4 is 11.9 Å². The lowest BCUT2D eigenvalue weighted by atomic mass is 10.1. The zero-order valence-corrected chi connectivity index (χ0v) is 13.9. The van der Waals surface area contributed by atoms with Gasteiger partial charge in [-0.25, -0.2) is 0 Å². The Labute approximate surface area is 137 Å². The van der Waals surface area contributed by atoms with Crippen molar-refractivity contribution in [3.05, 3.63) is 0 Å². The predicted octanol–water partition coefficient (Wildman–Crippen LogP) is 1.83. The minimum atomic E-state index is -0.151. The quantitative estimate of drug-likeness (QED) is 0.856. The van der Waals surface area contributed by atoms with Crippen LogP contribution in [0.5, 0.6) is 6.01 Å². The van der Waals surface area contributed by atoms with Gasteiger partial charge in [0.2, 0.25) is 11.9 Å². The molecular weight excluding hydrogens is 294 g/mol. The highest BCUT2D eigenvalue weighted by atomic mass is 16.5. The Morgan fingerprint density at radius 1 is 1.13 bits per heavy atom. The number of aliphatic hydroxyl groups excluding tert-OH is 1. The number of aromatic nitrogens is 3. The van der Waals surface area contributed by atoms with Gasteiger partial charge < -0.3 is 20.1 Å². The second-order valence-electron chi connectivity index (χ2n) is 6.56. The van der Waals surface area contributed by atoms with Crippen molar-refractivity contribution in [2.75, 3.05) is 37.0 Å². The molecule has 0 spiro atoms. The lowest BCUT2D eigenvalue weighted by molar-refractivity contribution is 0.178. The van der Waals surface area contributed by atoms with E-state index in [1.807, 2.05) is 0 Å². The van der Waals surface area contributed by atoms with E-state index in [0.717, 1.165) is 38.9 Å². The highest BCUT2D eigenvalue weighted by molar-refractivity contribution is 5.38. The zero-order valence-electron chi connectivity index (χ0n) is 13.9. The fourth-order valence-electron chi connectivity index (χ4n) is 3.40. The van der Waals surface area contributed by atoms with E-state index in [1.165, 1.54) is 25.7 Å². The third-order valence-electron chi connectivity index (χ3n) is 4.74. The van der Waals surface area contributed by atoms with E-state index in [1.54, 1.807) is 7.11 Å². The molecule has 2 heterocycles. The van der Waals surface area contributed by atoms with E-state index in [9.17, 15) is 5.11 Å². The van der Waals surface area contributed by atoms with E-state index in [2.05, 4.69) is 25.2 Å². The summed E-state index contributed by atoms with van der Waals surface area (Å²) in [6.45, 7) is 2.76. The second-order valence-corrected chi connectivity index (χ2v) is 6.56. The highest BCUT2D eigenvalue weighted by Gasteiger charge is 2.23. The molecule has 0 radical (unpaired) electrons. The number of aliphatic hydroxyl groups is 1. The number of ether oxygens (including phenoxy) is 1. The molecule has 1 aliphatic heterocycles. The average Bonchev–Trinajstić information content (AvgIpc) is 2.82. The molecular formula is C16H27N5O2. The molecule has 2 atom stereocenters. The Morgan fingerprint density at radius 3 is 2.57 bits per heavy atom. The fourth-order valence-corrected chi connectivity index (χ4v) is 3.40. The first kappa shape index (κ1) is 16.2. The normalized spacial score (nSPS) is 25.2. The van der Waals surface area contributed by atoms with E-state index in [4.69, 9.17) is 4.74 Å². The third-order valence-corrected chi connectivity index (χ3v) is 4.74. The minimum Gasteiger partial charge on any atom is -0.467 e. The van der Waals surface area contributed by atoms with Crippen molar-refractivity contribution in [2.24, 2.45) is 5.92 Å². The van der Waals surface area contributed by atoms with Crippen molar-refractivity contribution < 1.29 is 9.84 Å². The van der Waals surface area contributed by atoms with Gasteiger partial charge in [-0.1, -0.05) is 12.8 Å². The van der Waals surface area contributed by atoms with Crippen LogP contribution in [-0.4, -0.2) is 52.9 Å². The van der Waals surface area contributed by atoms with E-state index in [-0.39, 0.29) is 6.10 Å². The van der Waals surface area contributed by atoms with Crippen molar-refractivity contribution in [1.82, 2.24) is 15.0 Å². The minimum absolute atomic E-state index is 0.151. The molecule has 1 aromatic heterocycles.